The lowest BCUT2D eigenvalue weighted by atomic mass is 10.1. The monoisotopic (exact) mass is 394 g/mol. The van der Waals surface area contributed by atoms with Crippen LogP contribution in [0.25, 0.3) is 33.0 Å². The van der Waals surface area contributed by atoms with Gasteiger partial charge >= 0.3 is 0 Å². The normalized spacial score (nSPS) is 15.4. The summed E-state index contributed by atoms with van der Waals surface area (Å²) >= 11 is 0. The second kappa shape index (κ2) is 7.02. The first-order chi connectivity index (χ1) is 14.8. The minimum atomic E-state index is 1.07. The molecular weight excluding hydrogens is 366 g/mol. The molecule has 30 heavy (non-hydrogen) atoms. The molecule has 150 valence electrons. The Kier molecular flexibility index (Phi) is 4.15. The maximum atomic E-state index is 2.57. The van der Waals surface area contributed by atoms with Crippen molar-refractivity contribution in [2.45, 2.75) is 39.0 Å². The van der Waals surface area contributed by atoms with E-state index in [1.807, 2.05) is 0 Å². The van der Waals surface area contributed by atoms with Gasteiger partial charge in [0.2, 0.25) is 0 Å². The number of pyridine rings is 2. The van der Waals surface area contributed by atoms with E-state index in [9.17, 15) is 0 Å². The highest BCUT2D eigenvalue weighted by atomic mass is 15.1. The highest BCUT2D eigenvalue weighted by Gasteiger charge is 2.18. The molecule has 1 aliphatic rings. The van der Waals surface area contributed by atoms with E-state index in [0.29, 0.717) is 0 Å². The number of imidazole rings is 1. The van der Waals surface area contributed by atoms with Crippen molar-refractivity contribution in [3.63, 3.8) is 0 Å². The minimum absolute atomic E-state index is 1.07. The zero-order chi connectivity index (χ0) is 20.1. The standard InChI is InChI=1S/C27H28N3/c1-2-20-7-12-25-21(17-20)9-14-27-29(25)19-24-10-8-22-18-23(11-13-26(22)30(24)27)28-15-5-3-4-6-16-28/h7-14,17-19H,2-6,15-16H2,1H3/q+1. The highest BCUT2D eigenvalue weighted by molar-refractivity contribution is 5.88. The second-order valence-corrected chi connectivity index (χ2v) is 8.68. The molecule has 1 fully saturated rings. The molecular formula is C27H28N3+. The lowest BCUT2D eigenvalue weighted by Crippen LogP contribution is -2.23. The Morgan fingerprint density at radius 2 is 1.63 bits per heavy atom. The van der Waals surface area contributed by atoms with E-state index in [0.717, 1.165) is 6.42 Å². The molecule has 5 aromatic rings. The van der Waals surface area contributed by atoms with Gasteiger partial charge in [0, 0.05) is 35.6 Å². The third-order valence-corrected chi connectivity index (χ3v) is 6.82. The first-order valence-electron chi connectivity index (χ1n) is 11.4. The Labute approximate surface area is 177 Å². The molecule has 0 amide bonds. The Balaban J connectivity index is 1.55. The number of aryl methyl sites for hydroxylation is 1. The quantitative estimate of drug-likeness (QED) is 0.338. The van der Waals surface area contributed by atoms with Gasteiger partial charge in [-0.25, -0.2) is 0 Å². The number of benzene rings is 2. The van der Waals surface area contributed by atoms with Crippen LogP contribution in [-0.2, 0) is 6.42 Å². The minimum Gasteiger partial charge on any atom is -0.372 e. The van der Waals surface area contributed by atoms with Gasteiger partial charge in [-0.1, -0.05) is 25.8 Å². The third-order valence-electron chi connectivity index (χ3n) is 6.82. The van der Waals surface area contributed by atoms with Gasteiger partial charge in [0.25, 0.3) is 5.65 Å². The van der Waals surface area contributed by atoms with Gasteiger partial charge in [-0.3, -0.25) is 0 Å². The molecule has 0 aliphatic carbocycles. The Bertz CT molecular complexity index is 1390. The van der Waals surface area contributed by atoms with Crippen LogP contribution in [0.3, 0.4) is 0 Å². The van der Waals surface area contributed by atoms with Gasteiger partial charge < -0.3 is 4.90 Å². The van der Waals surface area contributed by atoms with Crippen LogP contribution in [0.5, 0.6) is 0 Å². The molecule has 0 atom stereocenters. The van der Waals surface area contributed by atoms with E-state index >= 15 is 0 Å². The number of anilines is 1. The average Bonchev–Trinajstić information content (AvgIpc) is 2.97. The molecule has 0 bridgehead atoms. The molecule has 3 nitrogen and oxygen atoms in total. The predicted octanol–water partition coefficient (Wildman–Crippen LogP) is 5.93. The van der Waals surface area contributed by atoms with Gasteiger partial charge in [-0.2, -0.15) is 8.80 Å². The van der Waals surface area contributed by atoms with Crippen LogP contribution in [0.1, 0.15) is 38.2 Å². The van der Waals surface area contributed by atoms with Crippen molar-refractivity contribution in [2.24, 2.45) is 0 Å². The van der Waals surface area contributed by atoms with Crippen molar-refractivity contribution in [1.29, 1.82) is 0 Å². The topological polar surface area (TPSA) is 11.8 Å². The molecule has 1 aliphatic heterocycles. The zero-order valence-electron chi connectivity index (χ0n) is 17.6. The van der Waals surface area contributed by atoms with Crippen LogP contribution in [-0.4, -0.2) is 17.5 Å². The van der Waals surface area contributed by atoms with E-state index < -0.39 is 0 Å². The third kappa shape index (κ3) is 2.76. The Morgan fingerprint density at radius 3 is 2.47 bits per heavy atom. The molecule has 2 aromatic carbocycles. The zero-order valence-corrected chi connectivity index (χ0v) is 17.6. The summed E-state index contributed by atoms with van der Waals surface area (Å²) in [5, 5.41) is 2.61. The molecule has 0 unspecified atom stereocenters. The lowest BCUT2D eigenvalue weighted by Gasteiger charge is -2.22. The van der Waals surface area contributed by atoms with E-state index in [2.05, 4.69) is 87.5 Å². The van der Waals surface area contributed by atoms with Crippen LogP contribution in [0.4, 0.5) is 5.69 Å². The van der Waals surface area contributed by atoms with Crippen molar-refractivity contribution in [1.82, 2.24) is 4.40 Å². The van der Waals surface area contributed by atoms with E-state index in [1.165, 1.54) is 83.0 Å². The number of nitrogens with zero attached hydrogens (tertiary/aromatic N) is 3. The molecule has 0 spiro atoms. The molecule has 0 N–H and O–H groups in total. The van der Waals surface area contributed by atoms with Crippen LogP contribution >= 0.6 is 0 Å². The van der Waals surface area contributed by atoms with Crippen molar-refractivity contribution >= 4 is 38.7 Å². The molecule has 4 heterocycles. The van der Waals surface area contributed by atoms with Crippen LogP contribution < -0.4 is 9.30 Å². The summed E-state index contributed by atoms with van der Waals surface area (Å²) in [5.74, 6) is 0. The maximum Gasteiger partial charge on any atom is 0.292 e. The van der Waals surface area contributed by atoms with Gasteiger partial charge in [-0.15, -0.1) is 0 Å². The first-order valence-corrected chi connectivity index (χ1v) is 11.4. The first kappa shape index (κ1) is 17.8. The number of hydrogen-bond donors (Lipinski definition) is 0. The fourth-order valence-electron chi connectivity index (χ4n) is 5.14. The summed E-state index contributed by atoms with van der Waals surface area (Å²) in [5.41, 5.74) is 7.75. The number of hydrogen-bond acceptors (Lipinski definition) is 1. The van der Waals surface area contributed by atoms with Crippen LogP contribution in [0.2, 0.25) is 0 Å². The van der Waals surface area contributed by atoms with Gasteiger partial charge in [0.05, 0.1) is 0 Å². The predicted molar refractivity (Wildman–Crippen MR) is 126 cm³/mol. The fourth-order valence-corrected chi connectivity index (χ4v) is 5.14. The molecule has 1 saturated heterocycles. The SMILES string of the molecule is CCc1ccc2c(ccc3n4c(ccc5cc(N6CCCCCC6)ccc54)c[n+]23)c1. The summed E-state index contributed by atoms with van der Waals surface area (Å²) in [7, 11) is 0. The van der Waals surface area contributed by atoms with Crippen molar-refractivity contribution in [3.05, 3.63) is 72.4 Å². The number of aromatic nitrogens is 2. The van der Waals surface area contributed by atoms with Crippen molar-refractivity contribution in [3.8, 4) is 0 Å². The average molecular weight is 395 g/mol. The molecule has 6 rings (SSSR count). The molecule has 0 saturated carbocycles. The fraction of sp³-hybridized carbons (Fsp3) is 0.296. The Morgan fingerprint density at radius 1 is 0.800 bits per heavy atom. The maximum absolute atomic E-state index is 2.57. The second-order valence-electron chi connectivity index (χ2n) is 8.68. The molecule has 0 radical (unpaired) electrons. The molecule has 3 heteroatoms. The Hall–Kier alpha value is -3.07. The largest absolute Gasteiger partial charge is 0.372 e. The number of fused-ring (bicyclic) bond motifs is 7. The summed E-state index contributed by atoms with van der Waals surface area (Å²) in [6, 6.07) is 22.9. The van der Waals surface area contributed by atoms with Gasteiger partial charge in [0.1, 0.15) is 17.2 Å². The van der Waals surface area contributed by atoms with E-state index in [-0.39, 0.29) is 0 Å². The summed E-state index contributed by atoms with van der Waals surface area (Å²) in [6.07, 6.45) is 8.69. The van der Waals surface area contributed by atoms with Gasteiger partial charge in [-0.05, 0) is 73.4 Å². The number of rotatable bonds is 2. The van der Waals surface area contributed by atoms with E-state index in [4.69, 9.17) is 0 Å². The van der Waals surface area contributed by atoms with Crippen LogP contribution in [0, 0.1) is 0 Å². The van der Waals surface area contributed by atoms with E-state index in [1.54, 1.807) is 0 Å². The smallest absolute Gasteiger partial charge is 0.292 e. The summed E-state index contributed by atoms with van der Waals surface area (Å²) in [4.78, 5) is 2.57. The summed E-state index contributed by atoms with van der Waals surface area (Å²) < 4.78 is 4.74. The summed E-state index contributed by atoms with van der Waals surface area (Å²) in [6.45, 7) is 4.58. The van der Waals surface area contributed by atoms with Crippen molar-refractivity contribution in [2.75, 3.05) is 18.0 Å². The molecule has 3 aromatic heterocycles. The van der Waals surface area contributed by atoms with Crippen molar-refractivity contribution < 1.29 is 4.40 Å². The van der Waals surface area contributed by atoms with Gasteiger partial charge in [0.15, 0.2) is 5.52 Å². The highest BCUT2D eigenvalue weighted by Crippen LogP contribution is 2.27. The lowest BCUT2D eigenvalue weighted by molar-refractivity contribution is -0.479. The van der Waals surface area contributed by atoms with Crippen LogP contribution in [0.15, 0.2) is 66.9 Å².